The van der Waals surface area contributed by atoms with Crippen LogP contribution in [0.1, 0.15) is 56.9 Å². The first-order valence-corrected chi connectivity index (χ1v) is 13.6. The van der Waals surface area contributed by atoms with Gasteiger partial charge in [0.2, 0.25) is 0 Å². The number of halogens is 1. The van der Waals surface area contributed by atoms with E-state index >= 15 is 0 Å². The SMILES string of the molecule is O=C(Nc1ccc(Cl)cc1)N(CCCN1CCC(Cc2ccccc2)CC1)CC1CCCCC1. The van der Waals surface area contributed by atoms with E-state index in [1.165, 1.54) is 70.0 Å². The van der Waals surface area contributed by atoms with E-state index in [9.17, 15) is 4.79 Å². The molecule has 1 aliphatic heterocycles. The number of rotatable bonds is 9. The van der Waals surface area contributed by atoms with E-state index in [1.807, 2.05) is 24.3 Å². The van der Waals surface area contributed by atoms with Crippen LogP contribution in [0, 0.1) is 11.8 Å². The Bertz CT molecular complexity index is 859. The highest BCUT2D eigenvalue weighted by atomic mass is 35.5. The number of hydrogen-bond acceptors (Lipinski definition) is 2. The highest BCUT2D eigenvalue weighted by Crippen LogP contribution is 2.25. The third-order valence-electron chi connectivity index (χ3n) is 7.56. The molecule has 1 saturated heterocycles. The maximum absolute atomic E-state index is 13.1. The standard InChI is InChI=1S/C29H40ClN3O/c30-27-12-14-28(15-13-27)31-29(34)33(23-26-10-5-2-6-11-26)19-7-18-32-20-16-25(17-21-32)22-24-8-3-1-4-9-24/h1,3-4,8-9,12-15,25-26H,2,5-7,10-11,16-23H2,(H,31,34). The van der Waals surface area contributed by atoms with E-state index in [0.29, 0.717) is 10.9 Å². The third-order valence-corrected chi connectivity index (χ3v) is 7.81. The second kappa shape index (κ2) is 13.2. The van der Waals surface area contributed by atoms with Crippen molar-refractivity contribution >= 4 is 23.3 Å². The second-order valence-corrected chi connectivity index (χ2v) is 10.7. The minimum Gasteiger partial charge on any atom is -0.324 e. The lowest BCUT2D eigenvalue weighted by atomic mass is 9.89. The summed E-state index contributed by atoms with van der Waals surface area (Å²) in [5, 5.41) is 3.78. The molecule has 1 heterocycles. The van der Waals surface area contributed by atoms with E-state index in [-0.39, 0.29) is 6.03 Å². The molecule has 2 aromatic rings. The van der Waals surface area contributed by atoms with E-state index in [4.69, 9.17) is 11.6 Å². The van der Waals surface area contributed by atoms with Crippen LogP contribution >= 0.6 is 11.6 Å². The van der Waals surface area contributed by atoms with Crippen molar-refractivity contribution in [2.45, 2.75) is 57.8 Å². The molecule has 0 spiro atoms. The van der Waals surface area contributed by atoms with Crippen molar-refractivity contribution in [2.75, 3.05) is 38.0 Å². The molecule has 2 amide bonds. The van der Waals surface area contributed by atoms with Crippen molar-refractivity contribution in [3.63, 3.8) is 0 Å². The molecule has 1 N–H and O–H groups in total. The molecule has 2 aliphatic rings. The number of amides is 2. The molecule has 2 aromatic carbocycles. The minimum absolute atomic E-state index is 0.0227. The average molecular weight is 482 g/mol. The molecule has 1 aliphatic carbocycles. The summed E-state index contributed by atoms with van der Waals surface area (Å²) in [7, 11) is 0. The minimum atomic E-state index is 0.0227. The number of carbonyl (C=O) groups is 1. The van der Waals surface area contributed by atoms with Gasteiger partial charge in [0.1, 0.15) is 0 Å². The van der Waals surface area contributed by atoms with Gasteiger partial charge in [-0.25, -0.2) is 4.79 Å². The first-order chi connectivity index (χ1) is 16.7. The van der Waals surface area contributed by atoms with Crippen molar-refractivity contribution in [1.82, 2.24) is 9.80 Å². The molecule has 0 unspecified atom stereocenters. The molecule has 5 heteroatoms. The van der Waals surface area contributed by atoms with Gasteiger partial charge in [-0.3, -0.25) is 0 Å². The first-order valence-electron chi connectivity index (χ1n) is 13.2. The number of carbonyl (C=O) groups excluding carboxylic acids is 1. The Morgan fingerprint density at radius 3 is 2.32 bits per heavy atom. The molecule has 2 fully saturated rings. The number of anilines is 1. The van der Waals surface area contributed by atoms with E-state index in [2.05, 4.69) is 45.4 Å². The number of benzene rings is 2. The van der Waals surface area contributed by atoms with Crippen molar-refractivity contribution in [3.8, 4) is 0 Å². The Balaban J connectivity index is 1.23. The van der Waals surface area contributed by atoms with Crippen LogP contribution in [-0.4, -0.2) is 48.6 Å². The number of likely N-dealkylation sites (tertiary alicyclic amines) is 1. The molecule has 0 atom stereocenters. The molecule has 34 heavy (non-hydrogen) atoms. The number of nitrogens with zero attached hydrogens (tertiary/aromatic N) is 2. The summed E-state index contributed by atoms with van der Waals surface area (Å²) < 4.78 is 0. The lowest BCUT2D eigenvalue weighted by Crippen LogP contribution is -2.41. The maximum Gasteiger partial charge on any atom is 0.321 e. The smallest absolute Gasteiger partial charge is 0.321 e. The molecule has 4 rings (SSSR count). The van der Waals surface area contributed by atoms with Crippen LogP contribution in [0.2, 0.25) is 5.02 Å². The summed E-state index contributed by atoms with van der Waals surface area (Å²) in [6.45, 7) is 5.13. The van der Waals surface area contributed by atoms with E-state index in [1.54, 1.807) is 0 Å². The molecular formula is C29H40ClN3O. The summed E-state index contributed by atoms with van der Waals surface area (Å²) >= 11 is 6.00. The van der Waals surface area contributed by atoms with Crippen LogP contribution in [0.4, 0.5) is 10.5 Å². The second-order valence-electron chi connectivity index (χ2n) is 10.2. The van der Waals surface area contributed by atoms with Crippen molar-refractivity contribution < 1.29 is 4.79 Å². The average Bonchev–Trinajstić information content (AvgIpc) is 2.87. The fraction of sp³-hybridized carbons (Fsp3) is 0.552. The number of urea groups is 1. The van der Waals surface area contributed by atoms with Gasteiger partial charge in [0.15, 0.2) is 0 Å². The predicted molar refractivity (Wildman–Crippen MR) is 143 cm³/mol. The Morgan fingerprint density at radius 2 is 1.62 bits per heavy atom. The molecule has 1 saturated carbocycles. The normalized spacial score (nSPS) is 18.0. The summed E-state index contributed by atoms with van der Waals surface area (Å²) in [6.07, 6.45) is 11.2. The zero-order valence-electron chi connectivity index (χ0n) is 20.4. The van der Waals surface area contributed by atoms with E-state index in [0.717, 1.165) is 37.7 Å². The number of hydrogen-bond donors (Lipinski definition) is 1. The Morgan fingerprint density at radius 1 is 0.912 bits per heavy atom. The van der Waals surface area contributed by atoms with Crippen molar-refractivity contribution in [3.05, 3.63) is 65.2 Å². The predicted octanol–water partition coefficient (Wildman–Crippen LogP) is 7.10. The Kier molecular flexibility index (Phi) is 9.70. The van der Waals surface area contributed by atoms with Crippen LogP contribution in [0.15, 0.2) is 54.6 Å². The van der Waals surface area contributed by atoms with Crippen LogP contribution in [0.5, 0.6) is 0 Å². The zero-order chi connectivity index (χ0) is 23.6. The van der Waals surface area contributed by atoms with E-state index < -0.39 is 0 Å². The van der Waals surface area contributed by atoms with Gasteiger partial charge in [-0.1, -0.05) is 61.2 Å². The van der Waals surface area contributed by atoms with Gasteiger partial charge in [0.25, 0.3) is 0 Å². The van der Waals surface area contributed by atoms with Gasteiger partial charge in [-0.15, -0.1) is 0 Å². The quantitative estimate of drug-likeness (QED) is 0.414. The lowest BCUT2D eigenvalue weighted by Gasteiger charge is -2.33. The Hall–Kier alpha value is -2.04. The summed E-state index contributed by atoms with van der Waals surface area (Å²) in [5.41, 5.74) is 2.27. The van der Waals surface area contributed by atoms with Gasteiger partial charge >= 0.3 is 6.03 Å². The van der Waals surface area contributed by atoms with Gasteiger partial charge in [-0.2, -0.15) is 0 Å². The summed E-state index contributed by atoms with van der Waals surface area (Å²) in [5.74, 6) is 1.44. The lowest BCUT2D eigenvalue weighted by molar-refractivity contribution is 0.163. The van der Waals surface area contributed by atoms with Crippen LogP contribution in [0.3, 0.4) is 0 Å². The first kappa shape index (κ1) is 25.1. The number of piperidine rings is 1. The fourth-order valence-electron chi connectivity index (χ4n) is 5.54. The molecule has 0 radical (unpaired) electrons. The van der Waals surface area contributed by atoms with Gasteiger partial charge in [0, 0.05) is 23.8 Å². The summed E-state index contributed by atoms with van der Waals surface area (Å²) in [4.78, 5) is 17.8. The van der Waals surface area contributed by atoms with Crippen LogP contribution < -0.4 is 5.32 Å². The highest BCUT2D eigenvalue weighted by molar-refractivity contribution is 6.30. The van der Waals surface area contributed by atoms with Crippen molar-refractivity contribution in [1.29, 1.82) is 0 Å². The Labute approximate surface area is 210 Å². The van der Waals surface area contributed by atoms with Gasteiger partial charge in [-0.05, 0) is 99.8 Å². The van der Waals surface area contributed by atoms with Crippen LogP contribution in [0.25, 0.3) is 0 Å². The monoisotopic (exact) mass is 481 g/mol. The zero-order valence-corrected chi connectivity index (χ0v) is 21.2. The molecule has 0 bridgehead atoms. The molecule has 0 aromatic heterocycles. The molecule has 184 valence electrons. The van der Waals surface area contributed by atoms with Crippen molar-refractivity contribution in [2.24, 2.45) is 11.8 Å². The maximum atomic E-state index is 13.1. The van der Waals surface area contributed by atoms with Crippen LogP contribution in [-0.2, 0) is 6.42 Å². The number of nitrogens with one attached hydrogen (secondary N) is 1. The summed E-state index contributed by atoms with van der Waals surface area (Å²) in [6, 6.07) is 18.3. The molecule has 4 nitrogen and oxygen atoms in total. The fourth-order valence-corrected chi connectivity index (χ4v) is 5.67. The largest absolute Gasteiger partial charge is 0.324 e. The van der Waals surface area contributed by atoms with Gasteiger partial charge < -0.3 is 15.1 Å². The third kappa shape index (κ3) is 8.02. The molecular weight excluding hydrogens is 442 g/mol. The highest BCUT2D eigenvalue weighted by Gasteiger charge is 2.23. The topological polar surface area (TPSA) is 35.6 Å². The van der Waals surface area contributed by atoms with Gasteiger partial charge in [0.05, 0.1) is 0 Å².